The van der Waals surface area contributed by atoms with E-state index >= 15 is 0 Å². The zero-order valence-electron chi connectivity index (χ0n) is 14.5. The van der Waals surface area contributed by atoms with Crippen molar-refractivity contribution in [1.82, 2.24) is 25.3 Å². The van der Waals surface area contributed by atoms with Crippen LogP contribution >= 0.6 is 0 Å². The Hall–Kier alpha value is -2.49. The highest BCUT2D eigenvalue weighted by Crippen LogP contribution is 2.18. The van der Waals surface area contributed by atoms with E-state index in [0.29, 0.717) is 24.8 Å². The van der Waals surface area contributed by atoms with Crippen LogP contribution in [-0.4, -0.2) is 59.6 Å². The first-order valence-corrected chi connectivity index (χ1v) is 10.4. The number of aromatic nitrogens is 3. The summed E-state index contributed by atoms with van der Waals surface area (Å²) in [6.07, 6.45) is 6.11. The molecule has 0 spiro atoms. The molecule has 1 unspecified atom stereocenters. The Morgan fingerprint density at radius 2 is 2.31 bits per heavy atom. The van der Waals surface area contributed by atoms with Gasteiger partial charge in [0.2, 0.25) is 11.7 Å². The number of nitrogens with one attached hydrogen (secondary N) is 1. The topological polar surface area (TPSA) is 118 Å². The molecule has 1 saturated heterocycles. The Kier molecular flexibility index (Phi) is 5.50. The maximum absolute atomic E-state index is 12.3. The molecule has 2 aromatic heterocycles. The number of rotatable bonds is 5. The molecule has 9 nitrogen and oxygen atoms in total. The molecule has 3 heterocycles. The molecule has 3 rings (SSSR count). The lowest BCUT2D eigenvalue weighted by Crippen LogP contribution is -2.46. The number of nitrogens with zero attached hydrogens (tertiary/aromatic N) is 4. The summed E-state index contributed by atoms with van der Waals surface area (Å²) in [7, 11) is -3.05. The second-order valence-electron chi connectivity index (χ2n) is 6.46. The molecule has 2 amide bonds. The van der Waals surface area contributed by atoms with Gasteiger partial charge in [-0.3, -0.25) is 4.98 Å². The molecule has 10 heteroatoms. The lowest BCUT2D eigenvalue weighted by atomic mass is 10.0. The minimum atomic E-state index is -3.05. The van der Waals surface area contributed by atoms with E-state index in [1.54, 1.807) is 23.4 Å². The van der Waals surface area contributed by atoms with Gasteiger partial charge in [0, 0.05) is 37.3 Å². The highest BCUT2D eigenvalue weighted by Gasteiger charge is 2.26. The average Bonchev–Trinajstić information content (AvgIpc) is 3.08. The highest BCUT2D eigenvalue weighted by molar-refractivity contribution is 7.90. The summed E-state index contributed by atoms with van der Waals surface area (Å²) >= 11 is 0. The SMILES string of the molecule is CS(=O)(=O)CC1CCCN(C(=O)NCc2nc(-c3cccnc3)no2)C1. The van der Waals surface area contributed by atoms with Crippen molar-refractivity contribution in [3.05, 3.63) is 30.4 Å². The Labute approximate surface area is 151 Å². The molecule has 1 aliphatic heterocycles. The zero-order chi connectivity index (χ0) is 18.6. The first kappa shape index (κ1) is 18.3. The van der Waals surface area contributed by atoms with Crippen LogP contribution in [0.5, 0.6) is 0 Å². The maximum Gasteiger partial charge on any atom is 0.317 e. The van der Waals surface area contributed by atoms with Gasteiger partial charge in [0.1, 0.15) is 9.84 Å². The summed E-state index contributed by atoms with van der Waals surface area (Å²) in [5.74, 6) is 0.787. The van der Waals surface area contributed by atoms with E-state index < -0.39 is 9.84 Å². The predicted octanol–water partition coefficient (Wildman–Crippen LogP) is 1.10. The first-order valence-electron chi connectivity index (χ1n) is 8.34. The molecule has 140 valence electrons. The number of pyridine rings is 1. The molecule has 1 N–H and O–H groups in total. The van der Waals surface area contributed by atoms with Crippen molar-refractivity contribution < 1.29 is 17.7 Å². The molecular formula is C16H21N5O4S. The third-order valence-electron chi connectivity index (χ3n) is 4.12. The second-order valence-corrected chi connectivity index (χ2v) is 8.64. The largest absolute Gasteiger partial charge is 0.337 e. The molecule has 26 heavy (non-hydrogen) atoms. The van der Waals surface area contributed by atoms with E-state index in [1.165, 1.54) is 6.26 Å². The standard InChI is InChI=1S/C16H21N5O4S/c1-26(23,24)11-12-4-3-7-21(10-12)16(22)18-9-14-19-15(20-25-14)13-5-2-6-17-8-13/h2,5-6,8,12H,3-4,7,9-11H2,1H3,(H,18,22). The van der Waals surface area contributed by atoms with Crippen molar-refractivity contribution in [2.45, 2.75) is 19.4 Å². The monoisotopic (exact) mass is 379 g/mol. The zero-order valence-corrected chi connectivity index (χ0v) is 15.3. The average molecular weight is 379 g/mol. The Morgan fingerprint density at radius 3 is 3.04 bits per heavy atom. The summed E-state index contributed by atoms with van der Waals surface area (Å²) < 4.78 is 28.1. The normalized spacial score (nSPS) is 17.9. The number of hydrogen-bond donors (Lipinski definition) is 1. The molecule has 1 aliphatic rings. The fraction of sp³-hybridized carbons (Fsp3) is 0.500. The van der Waals surface area contributed by atoms with Crippen molar-refractivity contribution in [2.75, 3.05) is 25.1 Å². The van der Waals surface area contributed by atoms with Crippen molar-refractivity contribution in [3.8, 4) is 11.4 Å². The minimum Gasteiger partial charge on any atom is -0.337 e. The van der Waals surface area contributed by atoms with Crippen molar-refractivity contribution >= 4 is 15.9 Å². The summed E-state index contributed by atoms with van der Waals surface area (Å²) in [6, 6.07) is 3.33. The van der Waals surface area contributed by atoms with E-state index in [2.05, 4.69) is 20.4 Å². The van der Waals surface area contributed by atoms with Gasteiger partial charge in [-0.2, -0.15) is 4.98 Å². The van der Waals surface area contributed by atoms with Gasteiger partial charge in [0.25, 0.3) is 0 Å². The molecule has 1 fully saturated rings. The lowest BCUT2D eigenvalue weighted by molar-refractivity contribution is 0.168. The molecule has 0 bridgehead atoms. The molecule has 1 atom stereocenters. The fourth-order valence-electron chi connectivity index (χ4n) is 3.02. The first-order chi connectivity index (χ1) is 12.4. The summed E-state index contributed by atoms with van der Waals surface area (Å²) in [5, 5.41) is 6.61. The molecular weight excluding hydrogens is 358 g/mol. The smallest absolute Gasteiger partial charge is 0.317 e. The Balaban J connectivity index is 1.53. The predicted molar refractivity (Wildman–Crippen MR) is 93.8 cm³/mol. The number of carbonyl (C=O) groups is 1. The minimum absolute atomic E-state index is 0.0231. The Morgan fingerprint density at radius 1 is 1.46 bits per heavy atom. The number of amides is 2. The van der Waals surface area contributed by atoms with Gasteiger partial charge in [-0.15, -0.1) is 0 Å². The third-order valence-corrected chi connectivity index (χ3v) is 5.20. The molecule has 0 aromatic carbocycles. The van der Waals surface area contributed by atoms with Crippen LogP contribution in [0.4, 0.5) is 4.79 Å². The fourth-order valence-corrected chi connectivity index (χ4v) is 4.14. The summed E-state index contributed by atoms with van der Waals surface area (Å²) in [5.41, 5.74) is 0.730. The van der Waals surface area contributed by atoms with Crippen LogP contribution in [0.3, 0.4) is 0 Å². The molecule has 0 aliphatic carbocycles. The highest BCUT2D eigenvalue weighted by atomic mass is 32.2. The van der Waals surface area contributed by atoms with E-state index in [9.17, 15) is 13.2 Å². The van der Waals surface area contributed by atoms with Crippen LogP contribution in [0, 0.1) is 5.92 Å². The van der Waals surface area contributed by atoms with E-state index in [-0.39, 0.29) is 24.2 Å². The van der Waals surface area contributed by atoms with Crippen molar-refractivity contribution in [2.24, 2.45) is 5.92 Å². The molecule has 2 aromatic rings. The van der Waals surface area contributed by atoms with Gasteiger partial charge in [-0.1, -0.05) is 5.16 Å². The maximum atomic E-state index is 12.3. The van der Waals surface area contributed by atoms with Crippen LogP contribution < -0.4 is 5.32 Å². The van der Waals surface area contributed by atoms with Gasteiger partial charge < -0.3 is 14.7 Å². The van der Waals surface area contributed by atoms with Crippen LogP contribution in [0.15, 0.2) is 29.0 Å². The van der Waals surface area contributed by atoms with Crippen LogP contribution in [0.25, 0.3) is 11.4 Å². The van der Waals surface area contributed by atoms with Gasteiger partial charge in [-0.05, 0) is 30.9 Å². The van der Waals surface area contributed by atoms with Gasteiger partial charge in [0.15, 0.2) is 0 Å². The van der Waals surface area contributed by atoms with Crippen molar-refractivity contribution in [3.63, 3.8) is 0 Å². The van der Waals surface area contributed by atoms with Crippen LogP contribution in [-0.2, 0) is 16.4 Å². The number of urea groups is 1. The van der Waals surface area contributed by atoms with Gasteiger partial charge in [-0.25, -0.2) is 13.2 Å². The van der Waals surface area contributed by atoms with Gasteiger partial charge >= 0.3 is 6.03 Å². The van der Waals surface area contributed by atoms with Crippen LogP contribution in [0.1, 0.15) is 18.7 Å². The van der Waals surface area contributed by atoms with Crippen LogP contribution in [0.2, 0.25) is 0 Å². The quantitative estimate of drug-likeness (QED) is 0.826. The molecule has 0 saturated carbocycles. The second kappa shape index (κ2) is 7.81. The van der Waals surface area contributed by atoms with E-state index in [4.69, 9.17) is 4.52 Å². The number of carbonyl (C=O) groups excluding carboxylic acids is 1. The summed E-state index contributed by atoms with van der Waals surface area (Å²) in [4.78, 5) is 22.2. The Bertz CT molecular complexity index is 853. The lowest BCUT2D eigenvalue weighted by Gasteiger charge is -2.32. The van der Waals surface area contributed by atoms with Crippen molar-refractivity contribution in [1.29, 1.82) is 0 Å². The number of sulfone groups is 1. The van der Waals surface area contributed by atoms with E-state index in [0.717, 1.165) is 18.4 Å². The molecule has 0 radical (unpaired) electrons. The number of hydrogen-bond acceptors (Lipinski definition) is 7. The van der Waals surface area contributed by atoms with E-state index in [1.807, 2.05) is 6.07 Å². The number of likely N-dealkylation sites (tertiary alicyclic amines) is 1. The third kappa shape index (κ3) is 5.01. The summed E-state index contributed by atoms with van der Waals surface area (Å²) in [6.45, 7) is 1.15. The van der Waals surface area contributed by atoms with Gasteiger partial charge in [0.05, 0.1) is 12.3 Å². The number of piperidine rings is 1.